The summed E-state index contributed by atoms with van der Waals surface area (Å²) < 4.78 is 6.02. The van der Waals surface area contributed by atoms with E-state index in [1.807, 2.05) is 19.9 Å². The van der Waals surface area contributed by atoms with Gasteiger partial charge in [0.2, 0.25) is 0 Å². The molecule has 1 saturated heterocycles. The molecule has 1 aromatic rings. The van der Waals surface area contributed by atoms with E-state index >= 15 is 0 Å². The minimum atomic E-state index is -0.355. The summed E-state index contributed by atoms with van der Waals surface area (Å²) in [6.07, 6.45) is 1.29. The summed E-state index contributed by atoms with van der Waals surface area (Å²) in [4.78, 5) is 4.73. The molecule has 0 saturated carbocycles. The van der Waals surface area contributed by atoms with E-state index in [-0.39, 0.29) is 11.6 Å². The van der Waals surface area contributed by atoms with Crippen LogP contribution in [0.3, 0.4) is 0 Å². The normalized spacial score (nSPS) is 23.4. The van der Waals surface area contributed by atoms with Crippen molar-refractivity contribution in [1.82, 2.24) is 9.80 Å². The lowest BCUT2D eigenvalue weighted by atomic mass is 10.0. The molecule has 1 unspecified atom stereocenters. The van der Waals surface area contributed by atoms with E-state index < -0.39 is 0 Å². The average Bonchev–Trinajstić information content (AvgIpc) is 2.90. The predicted octanol–water partition coefficient (Wildman–Crippen LogP) is 1.91. The Morgan fingerprint density at radius 1 is 1.24 bits per heavy atom. The fourth-order valence-electron chi connectivity index (χ4n) is 3.20. The third-order valence-corrected chi connectivity index (χ3v) is 4.61. The molecule has 0 aromatic heterocycles. The smallest absolute Gasteiger partial charge is 0.123 e. The van der Waals surface area contributed by atoms with Gasteiger partial charge in [0.15, 0.2) is 0 Å². The number of nitriles is 1. The molecule has 2 aliphatic heterocycles. The molecule has 1 atom stereocenters. The van der Waals surface area contributed by atoms with Crippen LogP contribution in [-0.2, 0) is 6.42 Å². The van der Waals surface area contributed by atoms with Crippen LogP contribution >= 0.6 is 0 Å². The Morgan fingerprint density at radius 2 is 1.95 bits per heavy atom. The van der Waals surface area contributed by atoms with Crippen LogP contribution in [0.4, 0.5) is 0 Å². The average molecular weight is 285 g/mol. The van der Waals surface area contributed by atoms with Crippen LogP contribution in [0.25, 0.3) is 0 Å². The van der Waals surface area contributed by atoms with Gasteiger partial charge >= 0.3 is 0 Å². The molecule has 2 heterocycles. The van der Waals surface area contributed by atoms with Gasteiger partial charge in [-0.3, -0.25) is 9.80 Å². The Bertz CT molecular complexity index is 516. The van der Waals surface area contributed by atoms with Crippen molar-refractivity contribution in [3.05, 3.63) is 29.8 Å². The second-order valence-corrected chi connectivity index (χ2v) is 6.51. The lowest BCUT2D eigenvalue weighted by molar-refractivity contribution is 0.0588. The van der Waals surface area contributed by atoms with Gasteiger partial charge in [0.1, 0.15) is 17.4 Å². The Morgan fingerprint density at radius 3 is 2.62 bits per heavy atom. The second kappa shape index (κ2) is 5.67. The lowest BCUT2D eigenvalue weighted by Crippen LogP contribution is -2.55. The number of ether oxygens (including phenoxy) is 1. The summed E-state index contributed by atoms with van der Waals surface area (Å²) in [6.45, 7) is 8.93. The number of hydrogen-bond donors (Lipinski definition) is 0. The number of benzene rings is 1. The highest BCUT2D eigenvalue weighted by Gasteiger charge is 2.31. The SMILES string of the molecule is CC(C)(C#N)N1CCN(CC2Cc3ccccc3O2)CC1. The fraction of sp³-hybridized carbons (Fsp3) is 0.588. The maximum atomic E-state index is 9.22. The van der Waals surface area contributed by atoms with Crippen LogP contribution in [0.15, 0.2) is 24.3 Å². The van der Waals surface area contributed by atoms with Crippen molar-refractivity contribution in [1.29, 1.82) is 5.26 Å². The monoisotopic (exact) mass is 285 g/mol. The molecule has 1 fully saturated rings. The van der Waals surface area contributed by atoms with Crippen LogP contribution < -0.4 is 4.74 Å². The number of para-hydroxylation sites is 1. The van der Waals surface area contributed by atoms with Crippen molar-refractivity contribution in [2.24, 2.45) is 0 Å². The van der Waals surface area contributed by atoms with E-state index in [9.17, 15) is 5.26 Å². The summed E-state index contributed by atoms with van der Waals surface area (Å²) in [6, 6.07) is 10.7. The lowest BCUT2D eigenvalue weighted by Gasteiger charge is -2.41. The maximum absolute atomic E-state index is 9.22. The minimum absolute atomic E-state index is 0.276. The molecule has 2 aliphatic rings. The number of rotatable bonds is 3. The zero-order chi connectivity index (χ0) is 14.9. The number of fused-ring (bicyclic) bond motifs is 1. The molecule has 4 heteroatoms. The Labute approximate surface area is 126 Å². The van der Waals surface area contributed by atoms with Crippen LogP contribution in [0.1, 0.15) is 19.4 Å². The molecule has 112 valence electrons. The highest BCUT2D eigenvalue weighted by Crippen LogP contribution is 2.28. The van der Waals surface area contributed by atoms with Crippen molar-refractivity contribution >= 4 is 0 Å². The van der Waals surface area contributed by atoms with Crippen molar-refractivity contribution < 1.29 is 4.74 Å². The van der Waals surface area contributed by atoms with Crippen molar-refractivity contribution in [2.45, 2.75) is 31.9 Å². The number of hydrogen-bond acceptors (Lipinski definition) is 4. The zero-order valence-electron chi connectivity index (χ0n) is 12.9. The van der Waals surface area contributed by atoms with E-state index in [2.05, 4.69) is 34.1 Å². The molecule has 0 N–H and O–H groups in total. The van der Waals surface area contributed by atoms with Crippen molar-refractivity contribution in [2.75, 3.05) is 32.7 Å². The molecule has 0 amide bonds. The van der Waals surface area contributed by atoms with Gasteiger partial charge in [-0.1, -0.05) is 18.2 Å². The van der Waals surface area contributed by atoms with Crippen LogP contribution in [-0.4, -0.2) is 54.2 Å². The van der Waals surface area contributed by atoms with Gasteiger partial charge in [-0.2, -0.15) is 5.26 Å². The van der Waals surface area contributed by atoms with E-state index in [1.54, 1.807) is 0 Å². The first-order valence-electron chi connectivity index (χ1n) is 7.72. The topological polar surface area (TPSA) is 39.5 Å². The quantitative estimate of drug-likeness (QED) is 0.850. The summed E-state index contributed by atoms with van der Waals surface area (Å²) in [5.74, 6) is 1.05. The summed E-state index contributed by atoms with van der Waals surface area (Å²) in [5, 5.41) is 9.22. The maximum Gasteiger partial charge on any atom is 0.123 e. The summed E-state index contributed by atoms with van der Waals surface area (Å²) >= 11 is 0. The van der Waals surface area contributed by atoms with Gasteiger partial charge in [0.05, 0.1) is 6.07 Å². The molecule has 4 nitrogen and oxygen atoms in total. The van der Waals surface area contributed by atoms with Crippen molar-refractivity contribution in [3.63, 3.8) is 0 Å². The molecule has 21 heavy (non-hydrogen) atoms. The van der Waals surface area contributed by atoms with Crippen molar-refractivity contribution in [3.8, 4) is 11.8 Å². The Hall–Kier alpha value is -1.57. The molecule has 0 radical (unpaired) electrons. The van der Waals surface area contributed by atoms with Gasteiger partial charge in [-0.25, -0.2) is 0 Å². The fourth-order valence-corrected chi connectivity index (χ4v) is 3.20. The Balaban J connectivity index is 1.50. The van der Waals surface area contributed by atoms with Gasteiger partial charge in [0.25, 0.3) is 0 Å². The standard InChI is InChI=1S/C17H23N3O/c1-17(2,13-18)20-9-7-19(8-10-20)12-15-11-14-5-3-4-6-16(14)21-15/h3-6,15H,7-12H2,1-2H3. The molecule has 0 spiro atoms. The highest BCUT2D eigenvalue weighted by molar-refractivity contribution is 5.37. The third kappa shape index (κ3) is 3.04. The van der Waals surface area contributed by atoms with Crippen LogP contribution in [0.2, 0.25) is 0 Å². The predicted molar refractivity (Wildman–Crippen MR) is 82.3 cm³/mol. The van der Waals surface area contributed by atoms with Gasteiger partial charge in [-0.05, 0) is 25.5 Å². The van der Waals surface area contributed by atoms with Crippen LogP contribution in [0, 0.1) is 11.3 Å². The number of nitrogens with zero attached hydrogens (tertiary/aromatic N) is 3. The van der Waals surface area contributed by atoms with E-state index in [0.29, 0.717) is 0 Å². The Kier molecular flexibility index (Phi) is 3.88. The van der Waals surface area contributed by atoms with Gasteiger partial charge in [0, 0.05) is 39.1 Å². The largest absolute Gasteiger partial charge is 0.488 e. The van der Waals surface area contributed by atoms with E-state index in [0.717, 1.165) is 44.9 Å². The molecule has 0 bridgehead atoms. The summed E-state index contributed by atoms with van der Waals surface area (Å²) in [7, 11) is 0. The van der Waals surface area contributed by atoms with Gasteiger partial charge < -0.3 is 4.74 Å². The first-order chi connectivity index (χ1) is 10.1. The highest BCUT2D eigenvalue weighted by atomic mass is 16.5. The number of piperazine rings is 1. The first-order valence-corrected chi connectivity index (χ1v) is 7.72. The van der Waals surface area contributed by atoms with Gasteiger partial charge in [-0.15, -0.1) is 0 Å². The minimum Gasteiger partial charge on any atom is -0.488 e. The third-order valence-electron chi connectivity index (χ3n) is 4.61. The molecule has 1 aromatic carbocycles. The molecule has 3 rings (SSSR count). The first kappa shape index (κ1) is 14.4. The van der Waals surface area contributed by atoms with Crippen LogP contribution in [0.5, 0.6) is 5.75 Å². The second-order valence-electron chi connectivity index (χ2n) is 6.51. The van der Waals surface area contributed by atoms with E-state index in [4.69, 9.17) is 4.74 Å². The molecular formula is C17H23N3O. The van der Waals surface area contributed by atoms with E-state index in [1.165, 1.54) is 5.56 Å². The zero-order valence-corrected chi connectivity index (χ0v) is 12.9. The molecular weight excluding hydrogens is 262 g/mol. The summed E-state index contributed by atoms with van der Waals surface area (Å²) in [5.41, 5.74) is 0.971. The molecule has 0 aliphatic carbocycles.